The summed E-state index contributed by atoms with van der Waals surface area (Å²) in [6.45, 7) is 1.92. The Morgan fingerprint density at radius 2 is 1.71 bits per heavy atom. The summed E-state index contributed by atoms with van der Waals surface area (Å²) in [6.07, 6.45) is 2.82. The van der Waals surface area contributed by atoms with Gasteiger partial charge in [-0.3, -0.25) is 4.99 Å². The smallest absolute Gasteiger partial charge is 0.178 e. The minimum Gasteiger partial charge on any atom is -0.497 e. The van der Waals surface area contributed by atoms with Gasteiger partial charge in [0.2, 0.25) is 0 Å². The van der Waals surface area contributed by atoms with E-state index in [1.165, 1.54) is 5.56 Å². The van der Waals surface area contributed by atoms with E-state index in [2.05, 4.69) is 24.3 Å². The van der Waals surface area contributed by atoms with Crippen molar-refractivity contribution >= 4 is 11.5 Å². The summed E-state index contributed by atoms with van der Waals surface area (Å²) in [5.74, 6) is 1.36. The van der Waals surface area contributed by atoms with E-state index in [0.717, 1.165) is 36.3 Å². The maximum absolute atomic E-state index is 6.02. The Morgan fingerprint density at radius 1 is 1.00 bits per heavy atom. The molecule has 2 N–H and O–H groups in total. The van der Waals surface area contributed by atoms with E-state index in [4.69, 9.17) is 20.5 Å². The van der Waals surface area contributed by atoms with Gasteiger partial charge in [0, 0.05) is 5.56 Å². The van der Waals surface area contributed by atoms with Crippen molar-refractivity contribution in [2.45, 2.75) is 31.8 Å². The van der Waals surface area contributed by atoms with Gasteiger partial charge in [-0.05, 0) is 43.9 Å². The molecular weight excluding hydrogens is 298 g/mol. The summed E-state index contributed by atoms with van der Waals surface area (Å²) in [6, 6.07) is 18.4. The first-order valence-corrected chi connectivity index (χ1v) is 8.23. The second kappa shape index (κ2) is 6.87. The number of methoxy groups -OCH3 is 1. The van der Waals surface area contributed by atoms with E-state index < -0.39 is 5.66 Å². The van der Waals surface area contributed by atoms with E-state index in [-0.39, 0.29) is 0 Å². The third-order valence-corrected chi connectivity index (χ3v) is 4.41. The summed E-state index contributed by atoms with van der Waals surface area (Å²) in [5.41, 5.74) is 8.62. The van der Waals surface area contributed by atoms with E-state index in [9.17, 15) is 0 Å². The standard InChI is InChI=1S/C20H23N3O/c1-15-19(21)23-20(22-15,17-10-12-18(24-2)13-11-17)14-6-9-16-7-4-3-5-8-16/h3-5,7-8,10-13H,6,9,14H2,1-2H3,(H2,21,23). The lowest BCUT2D eigenvalue weighted by Gasteiger charge is -2.24. The zero-order valence-electron chi connectivity index (χ0n) is 14.2. The zero-order valence-corrected chi connectivity index (χ0v) is 14.2. The molecule has 1 aliphatic rings. The summed E-state index contributed by atoms with van der Waals surface area (Å²) >= 11 is 0. The molecule has 0 aliphatic carbocycles. The van der Waals surface area contributed by atoms with Crippen molar-refractivity contribution in [2.75, 3.05) is 7.11 Å². The topological polar surface area (TPSA) is 60.0 Å². The highest BCUT2D eigenvalue weighted by Gasteiger charge is 2.35. The molecule has 0 aromatic heterocycles. The lowest BCUT2D eigenvalue weighted by atomic mass is 9.93. The van der Waals surface area contributed by atoms with Gasteiger partial charge in [-0.25, -0.2) is 4.99 Å². The number of aliphatic imine (C=N–C) groups is 2. The van der Waals surface area contributed by atoms with E-state index in [1.54, 1.807) is 7.11 Å². The molecule has 4 heteroatoms. The average molecular weight is 321 g/mol. The van der Waals surface area contributed by atoms with Gasteiger partial charge >= 0.3 is 0 Å². The van der Waals surface area contributed by atoms with Gasteiger partial charge in [-0.1, -0.05) is 42.5 Å². The summed E-state index contributed by atoms with van der Waals surface area (Å²) < 4.78 is 5.25. The fourth-order valence-electron chi connectivity index (χ4n) is 3.07. The minimum atomic E-state index is -0.602. The van der Waals surface area contributed by atoms with Gasteiger partial charge in [-0.15, -0.1) is 0 Å². The predicted molar refractivity (Wildman–Crippen MR) is 98.8 cm³/mol. The predicted octanol–water partition coefficient (Wildman–Crippen LogP) is 3.70. The average Bonchev–Trinajstić information content (AvgIpc) is 2.91. The fourth-order valence-corrected chi connectivity index (χ4v) is 3.07. The molecule has 0 saturated carbocycles. The third-order valence-electron chi connectivity index (χ3n) is 4.41. The van der Waals surface area contributed by atoms with Crippen LogP contribution in [0.5, 0.6) is 5.75 Å². The summed E-state index contributed by atoms with van der Waals surface area (Å²) in [7, 11) is 1.67. The highest BCUT2D eigenvalue weighted by molar-refractivity contribution is 6.41. The summed E-state index contributed by atoms with van der Waals surface area (Å²) in [5, 5.41) is 0. The molecule has 0 saturated heterocycles. The second-order valence-corrected chi connectivity index (χ2v) is 6.08. The van der Waals surface area contributed by atoms with Gasteiger partial charge in [0.05, 0.1) is 12.8 Å². The number of hydrogen-bond donors (Lipinski definition) is 1. The molecule has 124 valence electrons. The quantitative estimate of drug-likeness (QED) is 0.882. The van der Waals surface area contributed by atoms with E-state index in [1.807, 2.05) is 37.3 Å². The van der Waals surface area contributed by atoms with Crippen LogP contribution in [0.25, 0.3) is 0 Å². The van der Waals surface area contributed by atoms with Crippen molar-refractivity contribution in [2.24, 2.45) is 15.7 Å². The Balaban J connectivity index is 1.81. The molecule has 1 heterocycles. The van der Waals surface area contributed by atoms with Crippen LogP contribution >= 0.6 is 0 Å². The van der Waals surface area contributed by atoms with Crippen molar-refractivity contribution in [1.29, 1.82) is 0 Å². The molecule has 0 bridgehead atoms. The highest BCUT2D eigenvalue weighted by atomic mass is 16.5. The second-order valence-electron chi connectivity index (χ2n) is 6.08. The van der Waals surface area contributed by atoms with Crippen molar-refractivity contribution in [1.82, 2.24) is 0 Å². The van der Waals surface area contributed by atoms with E-state index >= 15 is 0 Å². The van der Waals surface area contributed by atoms with Crippen LogP contribution in [0.4, 0.5) is 0 Å². The van der Waals surface area contributed by atoms with Crippen LogP contribution in [0.3, 0.4) is 0 Å². The van der Waals surface area contributed by atoms with Crippen LogP contribution in [0.1, 0.15) is 30.9 Å². The molecule has 0 radical (unpaired) electrons. The number of aryl methyl sites for hydroxylation is 1. The molecular formula is C20H23N3O. The number of benzene rings is 2. The number of ether oxygens (including phenoxy) is 1. The van der Waals surface area contributed by atoms with Crippen LogP contribution in [0.15, 0.2) is 64.6 Å². The minimum absolute atomic E-state index is 0.533. The number of rotatable bonds is 6. The number of hydrogen-bond acceptors (Lipinski definition) is 4. The molecule has 0 fully saturated rings. The van der Waals surface area contributed by atoms with Crippen LogP contribution in [0, 0.1) is 0 Å². The van der Waals surface area contributed by atoms with Crippen molar-refractivity contribution in [3.63, 3.8) is 0 Å². The molecule has 3 rings (SSSR count). The molecule has 2 aromatic carbocycles. The maximum atomic E-state index is 6.02. The monoisotopic (exact) mass is 321 g/mol. The van der Waals surface area contributed by atoms with E-state index in [0.29, 0.717) is 5.84 Å². The molecule has 0 amide bonds. The normalized spacial score (nSPS) is 19.8. The molecule has 2 aromatic rings. The third kappa shape index (κ3) is 3.32. The van der Waals surface area contributed by atoms with Crippen molar-refractivity contribution in [3.05, 3.63) is 65.7 Å². The Morgan fingerprint density at radius 3 is 2.29 bits per heavy atom. The first-order chi connectivity index (χ1) is 11.6. The molecule has 1 atom stereocenters. The van der Waals surface area contributed by atoms with Crippen molar-refractivity contribution < 1.29 is 4.74 Å². The van der Waals surface area contributed by atoms with Gasteiger partial charge < -0.3 is 10.5 Å². The highest BCUT2D eigenvalue weighted by Crippen LogP contribution is 2.37. The molecule has 1 unspecified atom stereocenters. The van der Waals surface area contributed by atoms with Crippen molar-refractivity contribution in [3.8, 4) is 5.75 Å². The number of nitrogens with zero attached hydrogens (tertiary/aromatic N) is 2. The molecule has 4 nitrogen and oxygen atoms in total. The Bertz CT molecular complexity index is 730. The summed E-state index contributed by atoms with van der Waals surface area (Å²) in [4.78, 5) is 9.51. The fraction of sp³-hybridized carbons (Fsp3) is 0.300. The molecule has 1 aliphatic heterocycles. The first kappa shape index (κ1) is 16.2. The molecule has 24 heavy (non-hydrogen) atoms. The maximum Gasteiger partial charge on any atom is 0.178 e. The largest absolute Gasteiger partial charge is 0.497 e. The lowest BCUT2D eigenvalue weighted by Crippen LogP contribution is -2.21. The Labute approximate surface area is 143 Å². The van der Waals surface area contributed by atoms with Crippen LogP contribution in [-0.4, -0.2) is 18.7 Å². The first-order valence-electron chi connectivity index (χ1n) is 8.23. The van der Waals surface area contributed by atoms with Crippen LogP contribution in [0.2, 0.25) is 0 Å². The Kier molecular flexibility index (Phi) is 4.65. The number of amidine groups is 1. The number of nitrogens with two attached hydrogens (primary N) is 1. The lowest BCUT2D eigenvalue weighted by molar-refractivity contribution is 0.409. The van der Waals surface area contributed by atoms with Gasteiger partial charge in [-0.2, -0.15) is 0 Å². The zero-order chi connectivity index (χ0) is 17.0. The van der Waals surface area contributed by atoms with Gasteiger partial charge in [0.25, 0.3) is 0 Å². The van der Waals surface area contributed by atoms with Gasteiger partial charge in [0.15, 0.2) is 5.66 Å². The Hall–Kier alpha value is -2.62. The molecule has 0 spiro atoms. The SMILES string of the molecule is COc1ccc(C2(CCCc3ccccc3)N=C(C)C(N)=N2)cc1. The van der Waals surface area contributed by atoms with Crippen LogP contribution in [-0.2, 0) is 12.1 Å². The van der Waals surface area contributed by atoms with Crippen LogP contribution < -0.4 is 10.5 Å². The van der Waals surface area contributed by atoms with Gasteiger partial charge in [0.1, 0.15) is 11.6 Å².